The van der Waals surface area contributed by atoms with Gasteiger partial charge in [-0.25, -0.2) is 22.7 Å². The van der Waals surface area contributed by atoms with Crippen molar-refractivity contribution in [2.75, 3.05) is 19.3 Å². The summed E-state index contributed by atoms with van der Waals surface area (Å²) in [6.45, 7) is 1.06. The zero-order chi connectivity index (χ0) is 20.2. The smallest absolute Gasteiger partial charge is 0.211 e. The molecule has 1 aliphatic carbocycles. The number of H-pyrrole nitrogens is 1. The number of nitrogens with one attached hydrogen (secondary N) is 1. The number of hydrogen-bond acceptors (Lipinski definition) is 6. The van der Waals surface area contributed by atoms with Gasteiger partial charge in [-0.1, -0.05) is 0 Å². The van der Waals surface area contributed by atoms with Crippen LogP contribution < -0.4 is 0 Å². The van der Waals surface area contributed by atoms with Crippen LogP contribution in [0.1, 0.15) is 19.3 Å². The first kappa shape index (κ1) is 18.3. The van der Waals surface area contributed by atoms with E-state index < -0.39 is 15.6 Å². The standard InChI is InChI=1S/C19H21N7O2S/c1-29(27,28)25-9-13-6-19(3-4-20,7-14(13)10-25)26-11-15(8-24-26)17-16-2-5-21-18(16)23-12-22-17/h2,5,8,11-14H,3,6-7,9-10H2,1H3,(H,21,22,23)/t13-,14+,19-. The summed E-state index contributed by atoms with van der Waals surface area (Å²) in [6.07, 6.45) is 10.2. The summed E-state index contributed by atoms with van der Waals surface area (Å²) in [7, 11) is -3.18. The van der Waals surface area contributed by atoms with Crippen LogP contribution in [0.2, 0.25) is 0 Å². The van der Waals surface area contributed by atoms with Crippen LogP contribution in [0.3, 0.4) is 0 Å². The zero-order valence-corrected chi connectivity index (χ0v) is 16.8. The number of nitrogens with zero attached hydrogens (tertiary/aromatic N) is 6. The summed E-state index contributed by atoms with van der Waals surface area (Å²) in [5.74, 6) is 0.502. The van der Waals surface area contributed by atoms with Gasteiger partial charge in [-0.2, -0.15) is 10.4 Å². The molecule has 0 aromatic carbocycles. The third-order valence-corrected chi connectivity index (χ3v) is 7.64. The maximum atomic E-state index is 11.9. The van der Waals surface area contributed by atoms with E-state index >= 15 is 0 Å². The number of aromatic nitrogens is 5. The lowest BCUT2D eigenvalue weighted by molar-refractivity contribution is 0.240. The van der Waals surface area contributed by atoms with Gasteiger partial charge in [0.25, 0.3) is 0 Å². The zero-order valence-electron chi connectivity index (χ0n) is 16.0. The third-order valence-electron chi connectivity index (χ3n) is 6.40. The van der Waals surface area contributed by atoms with Crippen molar-refractivity contribution in [3.63, 3.8) is 0 Å². The van der Waals surface area contributed by atoms with Crippen LogP contribution in [0.25, 0.3) is 22.3 Å². The van der Waals surface area contributed by atoms with E-state index in [1.54, 1.807) is 10.5 Å². The first-order chi connectivity index (χ1) is 13.9. The van der Waals surface area contributed by atoms with Gasteiger partial charge >= 0.3 is 0 Å². The van der Waals surface area contributed by atoms with Crippen molar-refractivity contribution in [3.05, 3.63) is 31.0 Å². The van der Waals surface area contributed by atoms with E-state index in [1.165, 1.54) is 12.6 Å². The predicted octanol–water partition coefficient (Wildman–Crippen LogP) is 1.73. The Morgan fingerprint density at radius 2 is 2.07 bits per heavy atom. The predicted molar refractivity (Wildman–Crippen MR) is 106 cm³/mol. The maximum absolute atomic E-state index is 11.9. The monoisotopic (exact) mass is 411 g/mol. The summed E-state index contributed by atoms with van der Waals surface area (Å²) in [5.41, 5.74) is 2.04. The second kappa shape index (κ2) is 6.37. The van der Waals surface area contributed by atoms with Gasteiger partial charge in [-0.15, -0.1) is 0 Å². The Morgan fingerprint density at radius 1 is 1.31 bits per heavy atom. The average molecular weight is 411 g/mol. The molecule has 2 aliphatic rings. The molecule has 1 saturated heterocycles. The summed E-state index contributed by atoms with van der Waals surface area (Å²) in [6, 6.07) is 4.27. The highest BCUT2D eigenvalue weighted by molar-refractivity contribution is 7.88. The molecule has 10 heteroatoms. The maximum Gasteiger partial charge on any atom is 0.211 e. The molecule has 9 nitrogen and oxygen atoms in total. The number of hydrogen-bond donors (Lipinski definition) is 1. The van der Waals surface area contributed by atoms with Crippen LogP contribution in [-0.4, -0.2) is 56.8 Å². The molecule has 4 heterocycles. The van der Waals surface area contributed by atoms with Crippen molar-refractivity contribution in [1.29, 1.82) is 5.26 Å². The van der Waals surface area contributed by atoms with Gasteiger partial charge in [0.2, 0.25) is 10.0 Å². The lowest BCUT2D eigenvalue weighted by atomic mass is 9.92. The highest BCUT2D eigenvalue weighted by atomic mass is 32.2. The van der Waals surface area contributed by atoms with Crippen molar-refractivity contribution in [2.45, 2.75) is 24.8 Å². The normalized spacial score (nSPS) is 27.3. The van der Waals surface area contributed by atoms with E-state index in [9.17, 15) is 13.7 Å². The van der Waals surface area contributed by atoms with E-state index in [2.05, 4.69) is 26.1 Å². The summed E-state index contributed by atoms with van der Waals surface area (Å²) >= 11 is 0. The molecule has 0 amide bonds. The van der Waals surface area contributed by atoms with E-state index in [-0.39, 0.29) is 11.8 Å². The minimum atomic E-state index is -3.18. The second-order valence-corrected chi connectivity index (χ2v) is 10.2. The van der Waals surface area contributed by atoms with Crippen LogP contribution in [0.4, 0.5) is 0 Å². The minimum Gasteiger partial charge on any atom is -0.346 e. The van der Waals surface area contributed by atoms with Crippen LogP contribution >= 0.6 is 0 Å². The molecule has 0 spiro atoms. The first-order valence-corrected chi connectivity index (χ1v) is 11.4. The SMILES string of the molecule is CS(=O)(=O)N1C[C@@H]2C[C@](CC#N)(n3cc(-c4ncnc5[nH]ccc45)cn3)C[C@@H]2C1. The van der Waals surface area contributed by atoms with Gasteiger partial charge in [0.05, 0.1) is 36.2 Å². The van der Waals surface area contributed by atoms with Gasteiger partial charge < -0.3 is 4.98 Å². The molecule has 150 valence electrons. The molecule has 0 bridgehead atoms. The molecule has 0 radical (unpaired) electrons. The third kappa shape index (κ3) is 2.92. The van der Waals surface area contributed by atoms with Crippen molar-refractivity contribution < 1.29 is 8.42 Å². The summed E-state index contributed by atoms with van der Waals surface area (Å²) in [4.78, 5) is 11.7. The molecular weight excluding hydrogens is 390 g/mol. The Hall–Kier alpha value is -2.77. The van der Waals surface area contributed by atoms with E-state index in [0.717, 1.165) is 35.1 Å². The van der Waals surface area contributed by atoms with E-state index in [0.29, 0.717) is 19.5 Å². The summed E-state index contributed by atoms with van der Waals surface area (Å²) < 4.78 is 27.3. The van der Waals surface area contributed by atoms with Gasteiger partial charge in [0.1, 0.15) is 12.0 Å². The average Bonchev–Trinajstić information content (AvgIpc) is 3.42. The minimum absolute atomic E-state index is 0.251. The van der Waals surface area contributed by atoms with Crippen LogP contribution in [0.15, 0.2) is 31.0 Å². The molecular formula is C19H21N7O2S. The van der Waals surface area contributed by atoms with Crippen LogP contribution in [0, 0.1) is 23.2 Å². The molecule has 29 heavy (non-hydrogen) atoms. The van der Waals surface area contributed by atoms with Crippen LogP contribution in [-0.2, 0) is 15.6 Å². The molecule has 1 aliphatic heterocycles. The number of aromatic amines is 1. The second-order valence-electron chi connectivity index (χ2n) is 8.20. The highest BCUT2D eigenvalue weighted by Gasteiger charge is 2.52. The van der Waals surface area contributed by atoms with Gasteiger partial charge in [-0.05, 0) is 30.7 Å². The first-order valence-electron chi connectivity index (χ1n) is 9.55. The molecule has 2 fully saturated rings. The number of sulfonamides is 1. The quantitative estimate of drug-likeness (QED) is 0.698. The van der Waals surface area contributed by atoms with Crippen molar-refractivity contribution in [2.24, 2.45) is 11.8 Å². The van der Waals surface area contributed by atoms with E-state index in [4.69, 9.17) is 0 Å². The van der Waals surface area contributed by atoms with Crippen molar-refractivity contribution in [3.8, 4) is 17.3 Å². The Bertz CT molecular complexity index is 1210. The molecule has 0 unspecified atom stereocenters. The van der Waals surface area contributed by atoms with Crippen LogP contribution in [0.5, 0.6) is 0 Å². The fraction of sp³-hybridized carbons (Fsp3) is 0.474. The molecule has 3 aromatic rings. The molecule has 1 N–H and O–H groups in total. The van der Waals surface area contributed by atoms with Gasteiger partial charge in [0, 0.05) is 36.4 Å². The number of nitriles is 1. The van der Waals surface area contributed by atoms with Crippen molar-refractivity contribution >= 4 is 21.1 Å². The topological polar surface area (TPSA) is 121 Å². The Kier molecular flexibility index (Phi) is 4.01. The molecule has 5 rings (SSSR count). The number of rotatable bonds is 4. The van der Waals surface area contributed by atoms with Crippen molar-refractivity contribution in [1.82, 2.24) is 29.0 Å². The fourth-order valence-electron chi connectivity index (χ4n) is 5.05. The molecule has 3 atom stereocenters. The van der Waals surface area contributed by atoms with Gasteiger partial charge in [0.15, 0.2) is 0 Å². The Morgan fingerprint density at radius 3 is 2.76 bits per heavy atom. The molecule has 1 saturated carbocycles. The lowest BCUT2D eigenvalue weighted by Crippen LogP contribution is -2.35. The number of fused-ring (bicyclic) bond motifs is 2. The summed E-state index contributed by atoms with van der Waals surface area (Å²) in [5, 5.41) is 15.1. The van der Waals surface area contributed by atoms with E-state index in [1.807, 2.05) is 23.1 Å². The Balaban J connectivity index is 1.47. The Labute approximate surface area is 168 Å². The molecule has 3 aromatic heterocycles. The largest absolute Gasteiger partial charge is 0.346 e. The van der Waals surface area contributed by atoms with Gasteiger partial charge in [-0.3, -0.25) is 4.68 Å². The fourth-order valence-corrected chi connectivity index (χ4v) is 5.98. The lowest BCUT2D eigenvalue weighted by Gasteiger charge is -2.29. The highest BCUT2D eigenvalue weighted by Crippen LogP contribution is 2.50.